The van der Waals surface area contributed by atoms with E-state index in [1.165, 1.54) is 10.9 Å². The molecule has 29 heavy (non-hydrogen) atoms. The van der Waals surface area contributed by atoms with Crippen molar-refractivity contribution in [2.24, 2.45) is 0 Å². The highest BCUT2D eigenvalue weighted by atomic mass is 31.1. The van der Waals surface area contributed by atoms with Crippen LogP contribution in [-0.4, -0.2) is 32.9 Å². The molecule has 0 bridgehead atoms. The first-order valence-corrected chi connectivity index (χ1v) is 12.5. The molecule has 0 saturated heterocycles. The van der Waals surface area contributed by atoms with Gasteiger partial charge in [0.05, 0.1) is 6.20 Å². The van der Waals surface area contributed by atoms with Gasteiger partial charge in [-0.2, -0.15) is 9.61 Å². The van der Waals surface area contributed by atoms with Crippen molar-refractivity contribution < 1.29 is 0 Å². The zero-order valence-corrected chi connectivity index (χ0v) is 18.5. The number of hydrogen-bond donors (Lipinski definition) is 2. The zero-order valence-electron chi connectivity index (χ0n) is 16.5. The highest BCUT2D eigenvalue weighted by Gasteiger charge is 2.11. The Morgan fingerprint density at radius 1 is 0.931 bits per heavy atom. The molecular weight excluding hydrogens is 398 g/mol. The van der Waals surface area contributed by atoms with E-state index in [9.17, 15) is 0 Å². The molecule has 2 unspecified atom stereocenters. The molecular formula is C21H24N6P2. The third-order valence-corrected chi connectivity index (χ3v) is 6.41. The number of rotatable bonds is 8. The molecule has 8 heteroatoms. The van der Waals surface area contributed by atoms with Crippen molar-refractivity contribution in [1.29, 1.82) is 0 Å². The van der Waals surface area contributed by atoms with Gasteiger partial charge in [-0.1, -0.05) is 41.4 Å². The minimum absolute atomic E-state index is 0.639. The molecule has 4 rings (SSSR count). The highest BCUT2D eigenvalue weighted by Crippen LogP contribution is 2.19. The maximum Gasteiger partial charge on any atom is 0.167 e. The second-order valence-corrected chi connectivity index (χ2v) is 8.71. The van der Waals surface area contributed by atoms with Gasteiger partial charge in [0, 0.05) is 36.9 Å². The summed E-state index contributed by atoms with van der Waals surface area (Å²) in [6.45, 7) is 5.77. The minimum Gasteiger partial charge on any atom is -0.366 e. The second kappa shape index (κ2) is 9.30. The van der Waals surface area contributed by atoms with Crippen molar-refractivity contribution in [2.75, 3.05) is 24.0 Å². The fourth-order valence-corrected chi connectivity index (χ4v) is 4.25. The smallest absolute Gasteiger partial charge is 0.167 e. The standard InChI is InChI=1S/C21H24N6P2/c1-28-17-7-3-5-15(9-17)12-23-19-10-20(24-13-16-6-4-8-22-11-16)27-21(26-19)18(29-2)14-25-27/h3-11,14,24,28-29H,12-13H2,1-2H3,(H,23,26). The summed E-state index contributed by atoms with van der Waals surface area (Å²) in [5.41, 5.74) is 3.27. The fraction of sp³-hybridized carbons (Fsp3) is 0.190. The van der Waals surface area contributed by atoms with Crippen LogP contribution in [0.5, 0.6) is 0 Å². The van der Waals surface area contributed by atoms with E-state index in [1.54, 1.807) is 6.20 Å². The maximum atomic E-state index is 4.82. The molecule has 0 aliphatic rings. The van der Waals surface area contributed by atoms with Crippen LogP contribution < -0.4 is 21.2 Å². The Hall–Kier alpha value is -2.55. The van der Waals surface area contributed by atoms with E-state index in [0.29, 0.717) is 15.1 Å². The van der Waals surface area contributed by atoms with E-state index in [2.05, 4.69) is 64.4 Å². The van der Waals surface area contributed by atoms with Gasteiger partial charge in [-0.15, -0.1) is 0 Å². The van der Waals surface area contributed by atoms with E-state index in [-0.39, 0.29) is 0 Å². The lowest BCUT2D eigenvalue weighted by atomic mass is 10.2. The largest absolute Gasteiger partial charge is 0.366 e. The van der Waals surface area contributed by atoms with Crippen molar-refractivity contribution >= 4 is 45.1 Å². The van der Waals surface area contributed by atoms with Crippen molar-refractivity contribution in [3.05, 3.63) is 72.2 Å². The average Bonchev–Trinajstić information content (AvgIpc) is 3.20. The number of fused-ring (bicyclic) bond motifs is 1. The summed E-state index contributed by atoms with van der Waals surface area (Å²) in [5.74, 6) is 1.75. The number of benzene rings is 1. The zero-order chi connectivity index (χ0) is 20.1. The number of pyridine rings is 1. The number of nitrogens with one attached hydrogen (secondary N) is 2. The molecule has 0 aliphatic heterocycles. The van der Waals surface area contributed by atoms with Gasteiger partial charge in [0.25, 0.3) is 0 Å². The van der Waals surface area contributed by atoms with Crippen LogP contribution in [0.4, 0.5) is 11.6 Å². The van der Waals surface area contributed by atoms with Gasteiger partial charge in [-0.25, -0.2) is 4.98 Å². The van der Waals surface area contributed by atoms with E-state index >= 15 is 0 Å². The Labute approximate surface area is 174 Å². The average molecular weight is 422 g/mol. The predicted octanol–water partition coefficient (Wildman–Crippen LogP) is 3.22. The third kappa shape index (κ3) is 4.72. The predicted molar refractivity (Wildman–Crippen MR) is 126 cm³/mol. The number of nitrogens with zero attached hydrogens (tertiary/aromatic N) is 4. The number of anilines is 2. The topological polar surface area (TPSA) is 67.1 Å². The van der Waals surface area contributed by atoms with Crippen molar-refractivity contribution in [3.63, 3.8) is 0 Å². The number of aromatic nitrogens is 4. The van der Waals surface area contributed by atoms with Crippen molar-refractivity contribution in [1.82, 2.24) is 19.6 Å². The summed E-state index contributed by atoms with van der Waals surface area (Å²) in [6, 6.07) is 14.7. The van der Waals surface area contributed by atoms with Gasteiger partial charge in [-0.05, 0) is 41.9 Å². The van der Waals surface area contributed by atoms with E-state index in [0.717, 1.165) is 43.3 Å². The normalized spacial score (nSPS) is 11.8. The van der Waals surface area contributed by atoms with Crippen LogP contribution in [0, 0.1) is 0 Å². The summed E-state index contributed by atoms with van der Waals surface area (Å²) in [7, 11) is 1.44. The summed E-state index contributed by atoms with van der Waals surface area (Å²) in [5, 5.41) is 14.0. The molecule has 3 aromatic heterocycles. The van der Waals surface area contributed by atoms with Gasteiger partial charge in [0.15, 0.2) is 5.65 Å². The first-order valence-electron chi connectivity index (χ1n) is 9.46. The number of hydrogen-bond acceptors (Lipinski definition) is 5. The first-order chi connectivity index (χ1) is 14.3. The van der Waals surface area contributed by atoms with Gasteiger partial charge in [-0.3, -0.25) is 4.98 Å². The minimum atomic E-state index is 0.639. The fourth-order valence-electron chi connectivity index (χ4n) is 3.08. The first kappa shape index (κ1) is 19.8. The third-order valence-electron chi connectivity index (χ3n) is 4.63. The summed E-state index contributed by atoms with van der Waals surface area (Å²) in [6.07, 6.45) is 5.56. The van der Waals surface area contributed by atoms with Crippen LogP contribution >= 0.6 is 17.2 Å². The Morgan fingerprint density at radius 3 is 2.59 bits per heavy atom. The van der Waals surface area contributed by atoms with Gasteiger partial charge in [0.2, 0.25) is 0 Å². The van der Waals surface area contributed by atoms with E-state index in [4.69, 9.17) is 4.98 Å². The molecule has 3 heterocycles. The summed E-state index contributed by atoms with van der Waals surface area (Å²) in [4.78, 5) is 9.01. The van der Waals surface area contributed by atoms with Crippen LogP contribution in [-0.2, 0) is 13.1 Å². The lowest BCUT2D eigenvalue weighted by molar-refractivity contribution is 0.922. The van der Waals surface area contributed by atoms with Gasteiger partial charge >= 0.3 is 0 Å². The van der Waals surface area contributed by atoms with Crippen molar-refractivity contribution in [2.45, 2.75) is 13.1 Å². The lowest BCUT2D eigenvalue weighted by Crippen LogP contribution is -2.10. The maximum absolute atomic E-state index is 4.82. The van der Waals surface area contributed by atoms with Crippen LogP contribution in [0.25, 0.3) is 5.65 Å². The Bertz CT molecular complexity index is 1100. The molecule has 0 saturated carbocycles. The van der Waals surface area contributed by atoms with E-state index in [1.807, 2.05) is 29.0 Å². The molecule has 2 N–H and O–H groups in total. The van der Waals surface area contributed by atoms with E-state index < -0.39 is 0 Å². The molecule has 0 amide bonds. The van der Waals surface area contributed by atoms with Crippen LogP contribution in [0.1, 0.15) is 11.1 Å². The summed E-state index contributed by atoms with van der Waals surface area (Å²) >= 11 is 0. The molecule has 0 radical (unpaired) electrons. The molecule has 1 aromatic carbocycles. The lowest BCUT2D eigenvalue weighted by Gasteiger charge is -2.12. The van der Waals surface area contributed by atoms with Gasteiger partial charge in [0.1, 0.15) is 11.6 Å². The highest BCUT2D eigenvalue weighted by molar-refractivity contribution is 7.47. The monoisotopic (exact) mass is 422 g/mol. The Morgan fingerprint density at radius 2 is 1.79 bits per heavy atom. The molecule has 2 atom stereocenters. The van der Waals surface area contributed by atoms with Crippen LogP contribution in [0.2, 0.25) is 0 Å². The summed E-state index contributed by atoms with van der Waals surface area (Å²) < 4.78 is 1.88. The Kier molecular flexibility index (Phi) is 6.33. The Balaban J connectivity index is 1.59. The molecule has 0 spiro atoms. The quantitative estimate of drug-likeness (QED) is 0.427. The van der Waals surface area contributed by atoms with Crippen molar-refractivity contribution in [3.8, 4) is 0 Å². The molecule has 0 fully saturated rings. The molecule has 148 valence electrons. The van der Waals surface area contributed by atoms with Crippen LogP contribution in [0.15, 0.2) is 61.1 Å². The molecule has 4 aromatic rings. The SMILES string of the molecule is CPc1cccc(CNc2cc(NCc3cccnc3)n3ncc(PC)c3n2)c1. The van der Waals surface area contributed by atoms with Crippen LogP contribution in [0.3, 0.4) is 0 Å². The molecule has 6 nitrogen and oxygen atoms in total. The van der Waals surface area contributed by atoms with Gasteiger partial charge < -0.3 is 10.6 Å². The molecule has 0 aliphatic carbocycles. The second-order valence-electron chi connectivity index (χ2n) is 6.59.